The van der Waals surface area contributed by atoms with Gasteiger partial charge in [0.05, 0.1) is 16.9 Å². The second kappa shape index (κ2) is 8.23. The van der Waals surface area contributed by atoms with Crippen molar-refractivity contribution in [3.8, 4) is 0 Å². The van der Waals surface area contributed by atoms with Crippen molar-refractivity contribution < 1.29 is 4.79 Å². The summed E-state index contributed by atoms with van der Waals surface area (Å²) < 4.78 is 0. The van der Waals surface area contributed by atoms with E-state index < -0.39 is 0 Å². The summed E-state index contributed by atoms with van der Waals surface area (Å²) in [6.45, 7) is 3.97. The number of anilines is 2. The highest BCUT2D eigenvalue weighted by Crippen LogP contribution is 2.26. The molecule has 1 amide bonds. The lowest BCUT2D eigenvalue weighted by Gasteiger charge is -2.35. The van der Waals surface area contributed by atoms with Gasteiger partial charge in [-0.25, -0.2) is 0 Å². The van der Waals surface area contributed by atoms with Crippen molar-refractivity contribution in [2.75, 3.05) is 43.4 Å². The van der Waals surface area contributed by atoms with Gasteiger partial charge in [-0.05, 0) is 31.3 Å². The van der Waals surface area contributed by atoms with Gasteiger partial charge >= 0.3 is 0 Å². The molecule has 1 aromatic heterocycles. The van der Waals surface area contributed by atoms with E-state index in [-0.39, 0.29) is 5.91 Å². The number of fused-ring (bicyclic) bond motifs is 1. The third-order valence-corrected chi connectivity index (χ3v) is 5.08. The van der Waals surface area contributed by atoms with Gasteiger partial charge in [0.25, 0.3) is 0 Å². The van der Waals surface area contributed by atoms with Crippen LogP contribution in [0.3, 0.4) is 0 Å². The van der Waals surface area contributed by atoms with Crippen LogP contribution in [0, 0.1) is 0 Å². The molecule has 4 rings (SSSR count). The summed E-state index contributed by atoms with van der Waals surface area (Å²) in [7, 11) is 2.14. The van der Waals surface area contributed by atoms with E-state index in [0.29, 0.717) is 0 Å². The molecule has 1 aliphatic heterocycles. The van der Waals surface area contributed by atoms with Gasteiger partial charge in [-0.2, -0.15) is 0 Å². The Kier molecular flexibility index (Phi) is 5.35. The van der Waals surface area contributed by atoms with Gasteiger partial charge in [-0.3, -0.25) is 9.78 Å². The Morgan fingerprint density at radius 3 is 2.64 bits per heavy atom. The number of likely N-dealkylation sites (N-methyl/N-ethyl adjacent to an activating group) is 1. The van der Waals surface area contributed by atoms with Crippen molar-refractivity contribution in [1.82, 2.24) is 9.88 Å². The van der Waals surface area contributed by atoms with Crippen LogP contribution in [0.25, 0.3) is 17.0 Å². The molecule has 0 atom stereocenters. The first kappa shape index (κ1) is 18.2. The molecule has 3 aromatic rings. The summed E-state index contributed by atoms with van der Waals surface area (Å²) in [6, 6.07) is 17.9. The van der Waals surface area contributed by atoms with Crippen LogP contribution in [-0.4, -0.2) is 49.0 Å². The number of amides is 1. The van der Waals surface area contributed by atoms with Gasteiger partial charge < -0.3 is 15.1 Å². The van der Waals surface area contributed by atoms with E-state index >= 15 is 0 Å². The van der Waals surface area contributed by atoms with E-state index in [2.05, 4.69) is 33.2 Å². The van der Waals surface area contributed by atoms with E-state index in [1.165, 1.54) is 0 Å². The van der Waals surface area contributed by atoms with E-state index in [9.17, 15) is 4.79 Å². The van der Waals surface area contributed by atoms with Gasteiger partial charge in [0.2, 0.25) is 5.91 Å². The Balaban J connectivity index is 1.50. The number of nitrogens with one attached hydrogen (secondary N) is 1. The average molecular weight is 372 g/mol. The first-order valence-electron chi connectivity index (χ1n) is 9.56. The second-order valence-electron chi connectivity index (χ2n) is 7.05. The number of hydrogen-bond acceptors (Lipinski definition) is 4. The van der Waals surface area contributed by atoms with Crippen LogP contribution in [0.1, 0.15) is 5.56 Å². The van der Waals surface area contributed by atoms with Crippen molar-refractivity contribution in [3.05, 3.63) is 72.4 Å². The van der Waals surface area contributed by atoms with Crippen LogP contribution in [0.2, 0.25) is 0 Å². The fourth-order valence-electron chi connectivity index (χ4n) is 3.50. The molecule has 5 nitrogen and oxygen atoms in total. The molecule has 5 heteroatoms. The monoisotopic (exact) mass is 372 g/mol. The number of aromatic nitrogens is 1. The van der Waals surface area contributed by atoms with Gasteiger partial charge in [-0.15, -0.1) is 0 Å². The smallest absolute Gasteiger partial charge is 0.248 e. The minimum Gasteiger partial charge on any atom is -0.367 e. The predicted octanol–water partition coefficient (Wildman–Crippen LogP) is 3.64. The number of rotatable bonds is 4. The molecule has 0 saturated carbocycles. The molecule has 142 valence electrons. The largest absolute Gasteiger partial charge is 0.367 e. The lowest BCUT2D eigenvalue weighted by Crippen LogP contribution is -2.44. The molecule has 28 heavy (non-hydrogen) atoms. The second-order valence-corrected chi connectivity index (χ2v) is 7.05. The number of piperazine rings is 1. The van der Waals surface area contributed by atoms with Gasteiger partial charge in [0, 0.05) is 49.4 Å². The van der Waals surface area contributed by atoms with E-state index in [1.54, 1.807) is 12.3 Å². The minimum atomic E-state index is -0.144. The van der Waals surface area contributed by atoms with Gasteiger partial charge in [0.15, 0.2) is 0 Å². The molecular weight excluding hydrogens is 348 g/mol. The third kappa shape index (κ3) is 4.05. The molecule has 0 radical (unpaired) electrons. The number of nitrogens with zero attached hydrogens (tertiary/aromatic N) is 3. The first-order valence-corrected chi connectivity index (χ1v) is 9.56. The molecular formula is C23H24N4O. The summed E-state index contributed by atoms with van der Waals surface area (Å²) in [5.41, 5.74) is 3.74. The maximum atomic E-state index is 12.6. The molecule has 1 saturated heterocycles. The Labute approximate surface area is 165 Å². The number of pyridine rings is 1. The van der Waals surface area contributed by atoms with Crippen molar-refractivity contribution in [2.24, 2.45) is 0 Å². The van der Waals surface area contributed by atoms with E-state index in [1.807, 2.05) is 54.6 Å². The molecule has 0 unspecified atom stereocenters. The van der Waals surface area contributed by atoms with Crippen molar-refractivity contribution in [3.63, 3.8) is 0 Å². The van der Waals surface area contributed by atoms with Crippen LogP contribution in [-0.2, 0) is 4.79 Å². The van der Waals surface area contributed by atoms with E-state index in [0.717, 1.165) is 54.0 Å². The molecule has 1 fully saturated rings. The van der Waals surface area contributed by atoms with Crippen molar-refractivity contribution in [2.45, 2.75) is 0 Å². The van der Waals surface area contributed by atoms with Crippen molar-refractivity contribution in [1.29, 1.82) is 0 Å². The number of hydrogen-bond donors (Lipinski definition) is 1. The Morgan fingerprint density at radius 2 is 1.79 bits per heavy atom. The fourth-order valence-corrected chi connectivity index (χ4v) is 3.50. The lowest BCUT2D eigenvalue weighted by atomic mass is 10.1. The molecule has 1 aliphatic rings. The summed E-state index contributed by atoms with van der Waals surface area (Å²) in [4.78, 5) is 21.6. The summed E-state index contributed by atoms with van der Waals surface area (Å²) in [5, 5.41) is 4.10. The molecule has 2 heterocycles. The summed E-state index contributed by atoms with van der Waals surface area (Å²) in [6.07, 6.45) is 5.17. The molecule has 0 aliphatic carbocycles. The zero-order valence-corrected chi connectivity index (χ0v) is 16.0. The summed E-state index contributed by atoms with van der Waals surface area (Å²) >= 11 is 0. The van der Waals surface area contributed by atoms with Gasteiger partial charge in [0.1, 0.15) is 0 Å². The van der Waals surface area contributed by atoms with Crippen LogP contribution < -0.4 is 10.2 Å². The predicted molar refractivity (Wildman–Crippen MR) is 116 cm³/mol. The maximum absolute atomic E-state index is 12.6. The third-order valence-electron chi connectivity index (χ3n) is 5.08. The number of benzene rings is 2. The van der Waals surface area contributed by atoms with Crippen LogP contribution in [0.5, 0.6) is 0 Å². The zero-order chi connectivity index (χ0) is 19.3. The summed E-state index contributed by atoms with van der Waals surface area (Å²) in [5.74, 6) is -0.144. The van der Waals surface area contributed by atoms with Crippen LogP contribution >= 0.6 is 0 Å². The standard InChI is InChI=1S/C23H24N4O/c1-26-14-16-27(17-15-26)21-10-3-2-9-20(21)25-22(28)12-11-19-7-4-6-18-8-5-13-24-23(18)19/h2-13H,14-17H2,1H3,(H,25,28)/b12-11+. The highest BCUT2D eigenvalue weighted by atomic mass is 16.1. The SMILES string of the molecule is CN1CCN(c2ccccc2NC(=O)/C=C/c2cccc3cccnc23)CC1. The Bertz CT molecular complexity index is 1000. The highest BCUT2D eigenvalue weighted by molar-refractivity contribution is 6.04. The molecule has 0 spiro atoms. The number of para-hydroxylation sites is 3. The quantitative estimate of drug-likeness (QED) is 0.711. The van der Waals surface area contributed by atoms with E-state index in [4.69, 9.17) is 0 Å². The number of carbonyl (C=O) groups excluding carboxylic acids is 1. The fraction of sp³-hybridized carbons (Fsp3) is 0.217. The molecule has 1 N–H and O–H groups in total. The Morgan fingerprint density at radius 1 is 1.00 bits per heavy atom. The zero-order valence-electron chi connectivity index (χ0n) is 16.0. The Hall–Kier alpha value is -3.18. The van der Waals surface area contributed by atoms with Crippen LogP contribution in [0.15, 0.2) is 66.9 Å². The van der Waals surface area contributed by atoms with Crippen molar-refractivity contribution >= 4 is 34.3 Å². The average Bonchev–Trinajstić information content (AvgIpc) is 2.73. The van der Waals surface area contributed by atoms with Crippen LogP contribution in [0.4, 0.5) is 11.4 Å². The number of carbonyl (C=O) groups is 1. The maximum Gasteiger partial charge on any atom is 0.248 e. The highest BCUT2D eigenvalue weighted by Gasteiger charge is 2.17. The van der Waals surface area contributed by atoms with Gasteiger partial charge in [-0.1, -0.05) is 36.4 Å². The first-order chi connectivity index (χ1) is 13.7. The normalized spacial score (nSPS) is 15.2. The minimum absolute atomic E-state index is 0.144. The molecule has 2 aromatic carbocycles. The topological polar surface area (TPSA) is 48.5 Å². The molecule has 0 bridgehead atoms. The lowest BCUT2D eigenvalue weighted by molar-refractivity contribution is -0.111.